The highest BCUT2D eigenvalue weighted by molar-refractivity contribution is 6.08. The summed E-state index contributed by atoms with van der Waals surface area (Å²) < 4.78 is 11.3. The minimum Gasteiger partial charge on any atom is -0.353 e. The van der Waals surface area contributed by atoms with E-state index in [4.69, 9.17) is 14.9 Å². The number of carbonyl (C=O) groups is 2. The Morgan fingerprint density at radius 1 is 1.29 bits per heavy atom. The molecule has 2 unspecified atom stereocenters. The van der Waals surface area contributed by atoms with Crippen molar-refractivity contribution in [1.82, 2.24) is 10.2 Å². The Balaban J connectivity index is 2.55. The van der Waals surface area contributed by atoms with Crippen molar-refractivity contribution in [3.8, 4) is 0 Å². The van der Waals surface area contributed by atoms with Gasteiger partial charge in [0.1, 0.15) is 0 Å². The van der Waals surface area contributed by atoms with Crippen LogP contribution in [-0.2, 0) is 19.1 Å². The molecule has 2 atom stereocenters. The van der Waals surface area contributed by atoms with Crippen LogP contribution in [0.5, 0.6) is 0 Å². The van der Waals surface area contributed by atoms with Crippen LogP contribution in [0.2, 0.25) is 0 Å². The fourth-order valence-corrected chi connectivity index (χ4v) is 2.94. The Bertz CT molecular complexity index is 554. The molecule has 0 radical (unpaired) electrons. The summed E-state index contributed by atoms with van der Waals surface area (Å²) in [4.78, 5) is 26.9. The van der Waals surface area contributed by atoms with Crippen molar-refractivity contribution >= 4 is 17.5 Å². The highest BCUT2D eigenvalue weighted by atomic mass is 16.7. The van der Waals surface area contributed by atoms with Crippen LogP contribution < -0.4 is 5.32 Å². The second-order valence-corrected chi connectivity index (χ2v) is 8.95. The summed E-state index contributed by atoms with van der Waals surface area (Å²) in [6, 6.07) is 0.215. The number of hydrogen-bond donors (Lipinski definition) is 2. The molecule has 0 aromatic rings. The minimum atomic E-state index is -0.815. The molecule has 7 nitrogen and oxygen atoms in total. The lowest BCUT2D eigenvalue weighted by Crippen LogP contribution is -2.57. The summed E-state index contributed by atoms with van der Waals surface area (Å²) in [6.07, 6.45) is 3.54. The number of hydrogen-bond acceptors (Lipinski definition) is 6. The Labute approximate surface area is 170 Å². The molecule has 28 heavy (non-hydrogen) atoms. The van der Waals surface area contributed by atoms with Gasteiger partial charge in [-0.05, 0) is 53.5 Å². The first kappa shape index (κ1) is 24.7. The van der Waals surface area contributed by atoms with Crippen molar-refractivity contribution in [3.63, 3.8) is 0 Å². The lowest BCUT2D eigenvalue weighted by Gasteiger charge is -2.38. The van der Waals surface area contributed by atoms with Crippen LogP contribution in [-0.4, -0.2) is 60.6 Å². The van der Waals surface area contributed by atoms with E-state index in [0.717, 1.165) is 25.7 Å². The van der Waals surface area contributed by atoms with Crippen molar-refractivity contribution in [1.29, 1.82) is 5.41 Å². The third-order valence-corrected chi connectivity index (χ3v) is 5.86. The molecule has 2 amide bonds. The fraction of sp³-hybridized carbons (Fsp3) is 0.857. The van der Waals surface area contributed by atoms with E-state index >= 15 is 0 Å². The molecule has 1 rings (SSSR count). The van der Waals surface area contributed by atoms with Crippen LogP contribution in [0.3, 0.4) is 0 Å². The molecule has 0 aromatic heterocycles. The standard InChI is InChI=1S/C21H39N3O4/c1-8-15(2)24(7)21(5,6)19(26)23-17(25)13-16(22)20(3,4)14-28-18-11-9-10-12-27-18/h15,18,22H,8-14H2,1-7H3,(H,23,25,26). The van der Waals surface area contributed by atoms with Crippen molar-refractivity contribution in [2.24, 2.45) is 5.41 Å². The molecule has 7 heteroatoms. The second kappa shape index (κ2) is 10.5. The normalized spacial score (nSPS) is 19.4. The Morgan fingerprint density at radius 3 is 2.46 bits per heavy atom. The van der Waals surface area contributed by atoms with Crippen LogP contribution in [0.1, 0.15) is 73.6 Å². The van der Waals surface area contributed by atoms with Crippen molar-refractivity contribution in [2.75, 3.05) is 20.3 Å². The summed E-state index contributed by atoms with van der Waals surface area (Å²) in [6.45, 7) is 12.5. The number of rotatable bonds is 10. The third kappa shape index (κ3) is 6.94. The average Bonchev–Trinajstić information content (AvgIpc) is 2.65. The van der Waals surface area contributed by atoms with Gasteiger partial charge in [0.25, 0.3) is 0 Å². The molecule has 0 spiro atoms. The van der Waals surface area contributed by atoms with E-state index in [9.17, 15) is 9.59 Å². The Morgan fingerprint density at radius 2 is 1.93 bits per heavy atom. The minimum absolute atomic E-state index is 0.128. The highest BCUT2D eigenvalue weighted by Crippen LogP contribution is 2.23. The second-order valence-electron chi connectivity index (χ2n) is 8.95. The Hall–Kier alpha value is -1.31. The lowest BCUT2D eigenvalue weighted by molar-refractivity contribution is -0.171. The van der Waals surface area contributed by atoms with Crippen LogP contribution in [0, 0.1) is 10.8 Å². The molecule has 1 aliphatic rings. The van der Waals surface area contributed by atoms with E-state index in [-0.39, 0.29) is 30.4 Å². The predicted molar refractivity (Wildman–Crippen MR) is 110 cm³/mol. The van der Waals surface area contributed by atoms with Gasteiger partial charge < -0.3 is 14.9 Å². The molecule has 0 bridgehead atoms. The summed E-state index contributed by atoms with van der Waals surface area (Å²) in [5, 5.41) is 10.8. The summed E-state index contributed by atoms with van der Waals surface area (Å²) >= 11 is 0. The van der Waals surface area contributed by atoms with Gasteiger partial charge in [0.05, 0.1) is 18.6 Å². The van der Waals surface area contributed by atoms with Gasteiger partial charge in [-0.1, -0.05) is 20.8 Å². The number of imide groups is 1. The largest absolute Gasteiger partial charge is 0.353 e. The zero-order valence-electron chi connectivity index (χ0n) is 18.7. The first-order chi connectivity index (χ1) is 12.9. The average molecular weight is 398 g/mol. The predicted octanol–water partition coefficient (Wildman–Crippen LogP) is 3.12. The first-order valence-corrected chi connectivity index (χ1v) is 10.3. The smallest absolute Gasteiger partial charge is 0.246 e. The molecule has 2 N–H and O–H groups in total. The van der Waals surface area contributed by atoms with Gasteiger partial charge in [-0.2, -0.15) is 0 Å². The van der Waals surface area contributed by atoms with Crippen LogP contribution in [0.4, 0.5) is 0 Å². The molecule has 1 aliphatic heterocycles. The number of amides is 2. The van der Waals surface area contributed by atoms with E-state index in [1.165, 1.54) is 0 Å². The Kier molecular flexibility index (Phi) is 9.24. The van der Waals surface area contributed by atoms with E-state index in [0.29, 0.717) is 13.2 Å². The van der Waals surface area contributed by atoms with Gasteiger partial charge in [-0.25, -0.2) is 0 Å². The van der Waals surface area contributed by atoms with Crippen molar-refractivity contribution in [2.45, 2.75) is 91.5 Å². The molecular formula is C21H39N3O4. The van der Waals surface area contributed by atoms with E-state index in [2.05, 4.69) is 12.2 Å². The van der Waals surface area contributed by atoms with Crippen molar-refractivity contribution < 1.29 is 19.1 Å². The summed E-state index contributed by atoms with van der Waals surface area (Å²) in [5.41, 5.74) is -1.18. The number of nitrogens with zero attached hydrogens (tertiary/aromatic N) is 1. The van der Waals surface area contributed by atoms with Gasteiger partial charge in [0.15, 0.2) is 6.29 Å². The molecular weight excluding hydrogens is 358 g/mol. The highest BCUT2D eigenvalue weighted by Gasteiger charge is 2.36. The zero-order valence-corrected chi connectivity index (χ0v) is 18.7. The quantitative estimate of drug-likeness (QED) is 0.553. The van der Waals surface area contributed by atoms with Crippen LogP contribution in [0.25, 0.3) is 0 Å². The fourth-order valence-electron chi connectivity index (χ4n) is 2.94. The number of likely N-dealkylation sites (N-methyl/N-ethyl adjacent to an activating group) is 1. The molecule has 0 aliphatic carbocycles. The molecule has 1 fully saturated rings. The monoisotopic (exact) mass is 397 g/mol. The maximum Gasteiger partial charge on any atom is 0.246 e. The van der Waals surface area contributed by atoms with Crippen LogP contribution >= 0.6 is 0 Å². The molecule has 162 valence electrons. The maximum absolute atomic E-state index is 12.6. The lowest BCUT2D eigenvalue weighted by atomic mass is 9.86. The summed E-state index contributed by atoms with van der Waals surface area (Å²) in [5.74, 6) is -0.805. The zero-order chi connectivity index (χ0) is 21.5. The maximum atomic E-state index is 12.6. The van der Waals surface area contributed by atoms with Crippen LogP contribution in [0.15, 0.2) is 0 Å². The van der Waals surface area contributed by atoms with Gasteiger partial charge in [0, 0.05) is 23.8 Å². The molecule has 1 saturated heterocycles. The van der Waals surface area contributed by atoms with E-state index in [1.54, 1.807) is 13.8 Å². The van der Waals surface area contributed by atoms with E-state index < -0.39 is 16.9 Å². The third-order valence-electron chi connectivity index (χ3n) is 5.86. The van der Waals surface area contributed by atoms with Gasteiger partial charge >= 0.3 is 0 Å². The number of nitrogens with one attached hydrogen (secondary N) is 2. The van der Waals surface area contributed by atoms with Gasteiger partial charge in [-0.3, -0.25) is 19.8 Å². The van der Waals surface area contributed by atoms with Gasteiger partial charge in [0.2, 0.25) is 11.8 Å². The number of ether oxygens (including phenoxy) is 2. The van der Waals surface area contributed by atoms with Gasteiger partial charge in [-0.15, -0.1) is 0 Å². The topological polar surface area (TPSA) is 91.7 Å². The molecule has 0 saturated carbocycles. The molecule has 0 aromatic carbocycles. The SMILES string of the molecule is CCC(C)N(C)C(C)(C)C(=O)NC(=O)CC(=N)C(C)(C)COC1CCCCO1. The molecule has 1 heterocycles. The summed E-state index contributed by atoms with van der Waals surface area (Å²) in [7, 11) is 1.88. The van der Waals surface area contributed by atoms with E-state index in [1.807, 2.05) is 32.7 Å². The van der Waals surface area contributed by atoms with Crippen molar-refractivity contribution in [3.05, 3.63) is 0 Å². The first-order valence-electron chi connectivity index (χ1n) is 10.3. The number of carbonyl (C=O) groups excluding carboxylic acids is 2.